The molecule has 1 aliphatic heterocycles. The summed E-state index contributed by atoms with van der Waals surface area (Å²) in [6.07, 6.45) is 1.06. The van der Waals surface area contributed by atoms with Crippen LogP contribution in [0.2, 0.25) is 0 Å². The van der Waals surface area contributed by atoms with Crippen molar-refractivity contribution in [3.8, 4) is 11.5 Å². The molecule has 6 heteroatoms. The van der Waals surface area contributed by atoms with Gasteiger partial charge in [-0.25, -0.2) is 4.79 Å². The molecule has 130 valence electrons. The van der Waals surface area contributed by atoms with Crippen LogP contribution in [0.3, 0.4) is 0 Å². The first kappa shape index (κ1) is 16.8. The van der Waals surface area contributed by atoms with Crippen LogP contribution in [-0.4, -0.2) is 39.6 Å². The Labute approximate surface area is 145 Å². The lowest BCUT2D eigenvalue weighted by atomic mass is 10.1. The number of rotatable bonds is 5. The number of aliphatic carboxylic acids is 1. The molecule has 1 unspecified atom stereocenters. The lowest BCUT2D eigenvalue weighted by Crippen LogP contribution is -2.40. The van der Waals surface area contributed by atoms with Gasteiger partial charge in [-0.1, -0.05) is 30.3 Å². The van der Waals surface area contributed by atoms with Gasteiger partial charge in [-0.15, -0.1) is 0 Å². The van der Waals surface area contributed by atoms with Crippen molar-refractivity contribution in [3.63, 3.8) is 0 Å². The van der Waals surface area contributed by atoms with Crippen molar-refractivity contribution >= 4 is 11.9 Å². The van der Waals surface area contributed by atoms with Crippen LogP contribution >= 0.6 is 0 Å². The Hall–Kier alpha value is -3.02. The van der Waals surface area contributed by atoms with E-state index in [4.69, 9.17) is 4.74 Å². The molecule has 1 heterocycles. The number of phenolic OH excluding ortho intramolecular Hbond substituents is 1. The van der Waals surface area contributed by atoms with E-state index in [1.54, 1.807) is 6.07 Å². The van der Waals surface area contributed by atoms with E-state index in [2.05, 4.69) is 0 Å². The van der Waals surface area contributed by atoms with Gasteiger partial charge in [0, 0.05) is 6.54 Å². The second-order valence-corrected chi connectivity index (χ2v) is 5.95. The number of aromatic hydroxyl groups is 1. The summed E-state index contributed by atoms with van der Waals surface area (Å²) >= 11 is 0. The normalized spacial score (nSPS) is 16.6. The molecule has 2 N–H and O–H groups in total. The number of phenols is 1. The number of likely N-dealkylation sites (tertiary alicyclic amines) is 1. The molecule has 2 aromatic rings. The highest BCUT2D eigenvalue weighted by Gasteiger charge is 2.35. The molecule has 0 radical (unpaired) electrons. The van der Waals surface area contributed by atoms with Crippen molar-refractivity contribution in [2.45, 2.75) is 25.5 Å². The van der Waals surface area contributed by atoms with Gasteiger partial charge < -0.3 is 19.8 Å². The van der Waals surface area contributed by atoms with E-state index >= 15 is 0 Å². The van der Waals surface area contributed by atoms with Crippen molar-refractivity contribution in [1.82, 2.24) is 4.90 Å². The number of hydrogen-bond donors (Lipinski definition) is 2. The number of carbonyl (C=O) groups is 2. The molecule has 1 fully saturated rings. The third kappa shape index (κ3) is 3.74. The van der Waals surface area contributed by atoms with Crippen LogP contribution in [0.4, 0.5) is 0 Å². The minimum Gasteiger partial charge on any atom is -0.507 e. The van der Waals surface area contributed by atoms with Crippen LogP contribution in [0.15, 0.2) is 48.5 Å². The van der Waals surface area contributed by atoms with Gasteiger partial charge in [0.2, 0.25) is 0 Å². The van der Waals surface area contributed by atoms with Crippen molar-refractivity contribution in [1.29, 1.82) is 0 Å². The summed E-state index contributed by atoms with van der Waals surface area (Å²) in [5.74, 6) is -1.27. The molecule has 0 spiro atoms. The molecule has 1 saturated heterocycles. The Morgan fingerprint density at radius 1 is 1.16 bits per heavy atom. The summed E-state index contributed by atoms with van der Waals surface area (Å²) < 4.78 is 5.68. The number of nitrogens with zero attached hydrogens (tertiary/aromatic N) is 1. The molecule has 25 heavy (non-hydrogen) atoms. The van der Waals surface area contributed by atoms with E-state index in [9.17, 15) is 19.8 Å². The quantitative estimate of drug-likeness (QED) is 0.873. The van der Waals surface area contributed by atoms with Crippen molar-refractivity contribution < 1.29 is 24.5 Å². The van der Waals surface area contributed by atoms with Crippen LogP contribution in [0, 0.1) is 0 Å². The van der Waals surface area contributed by atoms with Gasteiger partial charge in [0.25, 0.3) is 5.91 Å². The average molecular weight is 341 g/mol. The standard InChI is InChI=1S/C19H19NO5/c21-17-9-8-14(25-12-13-5-2-1-3-6-13)11-15(17)18(22)20-10-4-7-16(20)19(23)24/h1-3,5-6,8-9,11,16,21H,4,7,10,12H2,(H,23,24). The van der Waals surface area contributed by atoms with Gasteiger partial charge in [-0.3, -0.25) is 4.79 Å². The lowest BCUT2D eigenvalue weighted by molar-refractivity contribution is -0.141. The Kier molecular flexibility index (Phi) is 4.88. The zero-order chi connectivity index (χ0) is 17.8. The third-order valence-electron chi connectivity index (χ3n) is 4.25. The predicted octanol–water partition coefficient (Wildman–Crippen LogP) is 2.66. The van der Waals surface area contributed by atoms with E-state index < -0.39 is 17.9 Å². The van der Waals surface area contributed by atoms with Crippen LogP contribution in [-0.2, 0) is 11.4 Å². The topological polar surface area (TPSA) is 87.1 Å². The molecular formula is C19H19NO5. The second kappa shape index (κ2) is 7.25. The first-order valence-corrected chi connectivity index (χ1v) is 8.10. The number of benzene rings is 2. The van der Waals surface area contributed by atoms with Crippen LogP contribution in [0.5, 0.6) is 11.5 Å². The summed E-state index contributed by atoms with van der Waals surface area (Å²) in [6, 6.07) is 13.2. The molecule has 0 aromatic heterocycles. The SMILES string of the molecule is O=C(O)C1CCCN1C(=O)c1cc(OCc2ccccc2)ccc1O. The van der Waals surface area contributed by atoms with Gasteiger partial charge in [0.05, 0.1) is 5.56 Å². The molecule has 3 rings (SSSR count). The first-order chi connectivity index (χ1) is 12.1. The fraction of sp³-hybridized carbons (Fsp3) is 0.263. The van der Waals surface area contributed by atoms with Gasteiger partial charge >= 0.3 is 5.97 Å². The largest absolute Gasteiger partial charge is 0.507 e. The molecular weight excluding hydrogens is 322 g/mol. The predicted molar refractivity (Wildman–Crippen MR) is 90.6 cm³/mol. The maximum Gasteiger partial charge on any atom is 0.326 e. The Balaban J connectivity index is 1.77. The van der Waals surface area contributed by atoms with Crippen LogP contribution < -0.4 is 4.74 Å². The Bertz CT molecular complexity index is 775. The molecule has 6 nitrogen and oxygen atoms in total. The highest BCUT2D eigenvalue weighted by atomic mass is 16.5. The monoisotopic (exact) mass is 341 g/mol. The lowest BCUT2D eigenvalue weighted by Gasteiger charge is -2.22. The summed E-state index contributed by atoms with van der Waals surface area (Å²) in [7, 11) is 0. The molecule has 1 amide bonds. The highest BCUT2D eigenvalue weighted by molar-refractivity contribution is 5.99. The smallest absolute Gasteiger partial charge is 0.326 e. The first-order valence-electron chi connectivity index (χ1n) is 8.10. The van der Waals surface area contributed by atoms with Gasteiger partial charge in [-0.05, 0) is 36.6 Å². The minimum atomic E-state index is -1.03. The molecule has 2 aromatic carbocycles. The van der Waals surface area contributed by atoms with Gasteiger partial charge in [0.1, 0.15) is 24.1 Å². The van der Waals surface area contributed by atoms with Crippen LogP contribution in [0.25, 0.3) is 0 Å². The van der Waals surface area contributed by atoms with Gasteiger partial charge in [-0.2, -0.15) is 0 Å². The summed E-state index contributed by atoms with van der Waals surface area (Å²) in [4.78, 5) is 25.2. The highest BCUT2D eigenvalue weighted by Crippen LogP contribution is 2.28. The fourth-order valence-electron chi connectivity index (χ4n) is 2.94. The summed E-state index contributed by atoms with van der Waals surface area (Å²) in [5.41, 5.74) is 1.03. The Morgan fingerprint density at radius 3 is 2.64 bits per heavy atom. The second-order valence-electron chi connectivity index (χ2n) is 5.95. The van der Waals surface area contributed by atoms with E-state index in [0.29, 0.717) is 31.7 Å². The Morgan fingerprint density at radius 2 is 1.92 bits per heavy atom. The molecule has 1 atom stereocenters. The van der Waals surface area contributed by atoms with Crippen molar-refractivity contribution in [2.24, 2.45) is 0 Å². The third-order valence-corrected chi connectivity index (χ3v) is 4.25. The zero-order valence-corrected chi connectivity index (χ0v) is 13.6. The van der Waals surface area contributed by atoms with E-state index in [1.807, 2.05) is 30.3 Å². The molecule has 1 aliphatic rings. The van der Waals surface area contributed by atoms with Crippen molar-refractivity contribution in [2.75, 3.05) is 6.54 Å². The molecule has 0 bridgehead atoms. The van der Waals surface area contributed by atoms with E-state index in [1.165, 1.54) is 17.0 Å². The number of hydrogen-bond acceptors (Lipinski definition) is 4. The maximum absolute atomic E-state index is 12.7. The fourth-order valence-corrected chi connectivity index (χ4v) is 2.94. The van der Waals surface area contributed by atoms with Gasteiger partial charge in [0.15, 0.2) is 0 Å². The number of amides is 1. The summed E-state index contributed by atoms with van der Waals surface area (Å²) in [6.45, 7) is 0.699. The van der Waals surface area contributed by atoms with E-state index in [-0.39, 0.29) is 11.3 Å². The number of ether oxygens (including phenoxy) is 1. The van der Waals surface area contributed by atoms with E-state index in [0.717, 1.165) is 5.56 Å². The maximum atomic E-state index is 12.7. The summed E-state index contributed by atoms with van der Waals surface area (Å²) in [5, 5.41) is 19.3. The van der Waals surface area contributed by atoms with Crippen LogP contribution in [0.1, 0.15) is 28.8 Å². The molecule has 0 saturated carbocycles. The number of carboxylic acid groups (broad SMARTS) is 1. The number of carbonyl (C=O) groups excluding carboxylic acids is 1. The minimum absolute atomic E-state index is 0.0544. The zero-order valence-electron chi connectivity index (χ0n) is 13.6. The number of carboxylic acids is 1. The van der Waals surface area contributed by atoms with Crippen molar-refractivity contribution in [3.05, 3.63) is 59.7 Å². The average Bonchev–Trinajstić information content (AvgIpc) is 3.11. The molecule has 0 aliphatic carbocycles.